The Bertz CT molecular complexity index is 543. The summed E-state index contributed by atoms with van der Waals surface area (Å²) in [6.45, 7) is 3.06. The maximum atomic E-state index is 13.1. The van der Waals surface area contributed by atoms with Crippen LogP contribution in [0.5, 0.6) is 5.75 Å². The van der Waals surface area contributed by atoms with Crippen molar-refractivity contribution in [2.45, 2.75) is 20.0 Å². The molecule has 0 aliphatic carbocycles. The Labute approximate surface area is 105 Å². The summed E-state index contributed by atoms with van der Waals surface area (Å²) < 4.78 is 13.1. The van der Waals surface area contributed by atoms with E-state index in [-0.39, 0.29) is 5.75 Å². The molecule has 1 aromatic carbocycles. The van der Waals surface area contributed by atoms with Crippen LogP contribution in [-0.2, 0) is 13.1 Å². The molecular weight excluding hydrogens is 231 g/mol. The molecule has 1 aromatic heterocycles. The Kier molecular flexibility index (Phi) is 3.89. The van der Waals surface area contributed by atoms with Crippen LogP contribution < -0.4 is 5.32 Å². The van der Waals surface area contributed by atoms with Crippen molar-refractivity contribution in [3.63, 3.8) is 0 Å². The van der Waals surface area contributed by atoms with Crippen LogP contribution in [0.25, 0.3) is 0 Å². The van der Waals surface area contributed by atoms with E-state index in [9.17, 15) is 9.50 Å². The number of hydrogen-bond acceptors (Lipinski definition) is 3. The number of aryl methyl sites for hydroxylation is 1. The highest BCUT2D eigenvalue weighted by Crippen LogP contribution is 2.20. The van der Waals surface area contributed by atoms with Gasteiger partial charge in [-0.2, -0.15) is 0 Å². The molecule has 0 bridgehead atoms. The molecule has 0 fully saturated rings. The lowest BCUT2D eigenvalue weighted by atomic mass is 10.1. The molecule has 2 N–H and O–H groups in total. The average Bonchev–Trinajstić information content (AvgIpc) is 2.37. The Morgan fingerprint density at radius 2 is 2.00 bits per heavy atom. The number of hydrogen-bond donors (Lipinski definition) is 2. The summed E-state index contributed by atoms with van der Waals surface area (Å²) in [7, 11) is 0. The van der Waals surface area contributed by atoms with Crippen molar-refractivity contribution in [2.24, 2.45) is 0 Å². The van der Waals surface area contributed by atoms with Crippen LogP contribution in [-0.4, -0.2) is 10.1 Å². The quantitative estimate of drug-likeness (QED) is 0.871. The second kappa shape index (κ2) is 5.60. The van der Waals surface area contributed by atoms with E-state index < -0.39 is 5.82 Å². The number of para-hydroxylation sites is 1. The number of nitrogens with one attached hydrogen (secondary N) is 1. The second-order valence-corrected chi connectivity index (χ2v) is 4.15. The maximum absolute atomic E-state index is 13.1. The highest BCUT2D eigenvalue weighted by atomic mass is 19.1. The normalized spacial score (nSPS) is 10.6. The number of halogens is 1. The molecule has 0 spiro atoms. The summed E-state index contributed by atoms with van der Waals surface area (Å²) in [6, 6.07) is 6.46. The summed E-state index contributed by atoms with van der Waals surface area (Å²) in [5, 5.41) is 12.7. The fourth-order valence-corrected chi connectivity index (χ4v) is 1.72. The Morgan fingerprint density at radius 3 is 2.78 bits per heavy atom. The van der Waals surface area contributed by atoms with Crippen molar-refractivity contribution < 1.29 is 9.50 Å². The number of aromatic hydroxyl groups is 1. The van der Waals surface area contributed by atoms with Crippen LogP contribution in [0.1, 0.15) is 16.7 Å². The highest BCUT2D eigenvalue weighted by molar-refractivity contribution is 5.33. The van der Waals surface area contributed by atoms with E-state index in [4.69, 9.17) is 0 Å². The molecule has 2 aromatic rings. The number of phenols is 1. The summed E-state index contributed by atoms with van der Waals surface area (Å²) in [5.74, 6) is -0.875. The molecular formula is C14H15FN2O. The van der Waals surface area contributed by atoms with E-state index in [2.05, 4.69) is 10.3 Å². The SMILES string of the molecule is Cc1ccncc1CNCc1cccc(F)c1O. The third kappa shape index (κ3) is 2.84. The minimum absolute atomic E-state index is 0.284. The first kappa shape index (κ1) is 12.5. The maximum Gasteiger partial charge on any atom is 0.165 e. The van der Waals surface area contributed by atoms with Gasteiger partial charge in [0.1, 0.15) is 0 Å². The van der Waals surface area contributed by atoms with Crippen LogP contribution in [0.3, 0.4) is 0 Å². The van der Waals surface area contributed by atoms with E-state index in [1.807, 2.05) is 13.0 Å². The van der Waals surface area contributed by atoms with Gasteiger partial charge in [0.2, 0.25) is 0 Å². The van der Waals surface area contributed by atoms with Gasteiger partial charge >= 0.3 is 0 Å². The molecule has 0 amide bonds. The fraction of sp³-hybridized carbons (Fsp3) is 0.214. The molecule has 4 heteroatoms. The van der Waals surface area contributed by atoms with Gasteiger partial charge in [-0.25, -0.2) is 4.39 Å². The first-order valence-electron chi connectivity index (χ1n) is 5.75. The van der Waals surface area contributed by atoms with Crippen LogP contribution in [0, 0.1) is 12.7 Å². The molecule has 0 unspecified atom stereocenters. The third-order valence-corrected chi connectivity index (χ3v) is 2.85. The molecule has 0 atom stereocenters. The summed E-state index contributed by atoms with van der Waals surface area (Å²) in [6.07, 6.45) is 3.55. The molecule has 2 rings (SSSR count). The Morgan fingerprint density at radius 1 is 1.22 bits per heavy atom. The van der Waals surface area contributed by atoms with E-state index in [1.165, 1.54) is 6.07 Å². The number of nitrogens with zero attached hydrogens (tertiary/aromatic N) is 1. The monoisotopic (exact) mass is 246 g/mol. The van der Waals surface area contributed by atoms with Gasteiger partial charge in [0, 0.05) is 31.0 Å². The predicted molar refractivity (Wildman–Crippen MR) is 67.6 cm³/mol. The zero-order chi connectivity index (χ0) is 13.0. The first-order valence-corrected chi connectivity index (χ1v) is 5.75. The number of aromatic nitrogens is 1. The van der Waals surface area contributed by atoms with E-state index >= 15 is 0 Å². The largest absolute Gasteiger partial charge is 0.505 e. The Balaban J connectivity index is 1.97. The van der Waals surface area contributed by atoms with E-state index in [1.54, 1.807) is 24.5 Å². The van der Waals surface area contributed by atoms with Crippen LogP contribution in [0.2, 0.25) is 0 Å². The van der Waals surface area contributed by atoms with Crippen molar-refractivity contribution in [1.82, 2.24) is 10.3 Å². The van der Waals surface area contributed by atoms with Gasteiger partial charge in [0.25, 0.3) is 0 Å². The molecule has 0 saturated carbocycles. The van der Waals surface area contributed by atoms with Crippen molar-refractivity contribution in [1.29, 1.82) is 0 Å². The van der Waals surface area contributed by atoms with E-state index in [0.717, 1.165) is 11.1 Å². The second-order valence-electron chi connectivity index (χ2n) is 4.15. The predicted octanol–water partition coefficient (Wildman–Crippen LogP) is 2.52. The minimum Gasteiger partial charge on any atom is -0.505 e. The zero-order valence-electron chi connectivity index (χ0n) is 10.2. The van der Waals surface area contributed by atoms with Gasteiger partial charge in [0.15, 0.2) is 11.6 Å². The molecule has 0 aliphatic rings. The molecule has 0 aliphatic heterocycles. The topological polar surface area (TPSA) is 45.2 Å². The number of benzene rings is 1. The lowest BCUT2D eigenvalue weighted by molar-refractivity contribution is 0.423. The number of rotatable bonds is 4. The fourth-order valence-electron chi connectivity index (χ4n) is 1.72. The van der Waals surface area contributed by atoms with Gasteiger partial charge in [-0.15, -0.1) is 0 Å². The van der Waals surface area contributed by atoms with Gasteiger partial charge in [0.05, 0.1) is 0 Å². The van der Waals surface area contributed by atoms with Crippen molar-refractivity contribution in [2.75, 3.05) is 0 Å². The Hall–Kier alpha value is -1.94. The van der Waals surface area contributed by atoms with E-state index in [0.29, 0.717) is 18.7 Å². The molecule has 3 nitrogen and oxygen atoms in total. The zero-order valence-corrected chi connectivity index (χ0v) is 10.2. The highest BCUT2D eigenvalue weighted by Gasteiger charge is 2.06. The average molecular weight is 246 g/mol. The van der Waals surface area contributed by atoms with Gasteiger partial charge in [-0.1, -0.05) is 12.1 Å². The van der Waals surface area contributed by atoms with Gasteiger partial charge in [-0.3, -0.25) is 4.98 Å². The van der Waals surface area contributed by atoms with Crippen molar-refractivity contribution >= 4 is 0 Å². The molecule has 1 heterocycles. The molecule has 18 heavy (non-hydrogen) atoms. The summed E-state index contributed by atoms with van der Waals surface area (Å²) in [5.41, 5.74) is 2.80. The first-order chi connectivity index (χ1) is 8.68. The molecule has 0 saturated heterocycles. The smallest absolute Gasteiger partial charge is 0.165 e. The lowest BCUT2D eigenvalue weighted by Gasteiger charge is -2.08. The summed E-state index contributed by atoms with van der Waals surface area (Å²) in [4.78, 5) is 4.05. The van der Waals surface area contributed by atoms with Gasteiger partial charge in [-0.05, 0) is 30.2 Å². The third-order valence-electron chi connectivity index (χ3n) is 2.85. The van der Waals surface area contributed by atoms with Crippen LogP contribution in [0.15, 0.2) is 36.7 Å². The van der Waals surface area contributed by atoms with Crippen LogP contribution in [0.4, 0.5) is 4.39 Å². The van der Waals surface area contributed by atoms with Crippen molar-refractivity contribution in [3.8, 4) is 5.75 Å². The molecule has 94 valence electrons. The van der Waals surface area contributed by atoms with Crippen molar-refractivity contribution in [3.05, 3.63) is 59.2 Å². The number of phenolic OH excluding ortho intramolecular Hbond substituents is 1. The lowest BCUT2D eigenvalue weighted by Crippen LogP contribution is -2.14. The number of pyridine rings is 1. The standard InChI is InChI=1S/C14H15FN2O/c1-10-5-6-16-8-12(10)9-17-7-11-3-2-4-13(15)14(11)18/h2-6,8,17-18H,7,9H2,1H3. The van der Waals surface area contributed by atoms with Crippen LogP contribution >= 0.6 is 0 Å². The minimum atomic E-state index is -0.591. The molecule has 0 radical (unpaired) electrons. The summed E-state index contributed by atoms with van der Waals surface area (Å²) >= 11 is 0. The van der Waals surface area contributed by atoms with Gasteiger partial charge < -0.3 is 10.4 Å².